The minimum atomic E-state index is -1.02. The molecule has 314 valence electrons. The van der Waals surface area contributed by atoms with E-state index in [2.05, 4.69) is 32.9 Å². The number of hydrogen-bond donors (Lipinski definition) is 3. The number of carbonyl (C=O) groups is 5. The number of aromatic nitrogens is 2. The quantitative estimate of drug-likeness (QED) is 0.110. The molecular weight excluding hydrogens is 771 g/mol. The summed E-state index contributed by atoms with van der Waals surface area (Å²) in [5.74, 6) is 0.280. The van der Waals surface area contributed by atoms with E-state index in [-0.39, 0.29) is 46.4 Å². The van der Waals surface area contributed by atoms with Gasteiger partial charge in [0.2, 0.25) is 17.7 Å². The maximum absolute atomic E-state index is 13.3. The van der Waals surface area contributed by atoms with Crippen LogP contribution in [0.1, 0.15) is 77.6 Å². The average molecular weight is 820 g/mol. The van der Waals surface area contributed by atoms with Crippen molar-refractivity contribution in [1.29, 1.82) is 0 Å². The summed E-state index contributed by atoms with van der Waals surface area (Å²) in [4.78, 5) is 84.0. The number of methoxy groups -OCH3 is 2. The second-order valence-corrected chi connectivity index (χ2v) is 16.4. The Bertz CT molecular complexity index is 2470. The topological polar surface area (TPSA) is 190 Å². The molecule has 60 heavy (non-hydrogen) atoms. The van der Waals surface area contributed by atoms with Crippen molar-refractivity contribution in [3.05, 3.63) is 75.8 Å². The summed E-state index contributed by atoms with van der Waals surface area (Å²) >= 11 is 0. The van der Waals surface area contributed by atoms with Crippen molar-refractivity contribution in [2.75, 3.05) is 46.8 Å². The molecule has 2 aromatic heterocycles. The fourth-order valence-corrected chi connectivity index (χ4v) is 9.33. The van der Waals surface area contributed by atoms with Crippen LogP contribution < -0.4 is 35.7 Å². The summed E-state index contributed by atoms with van der Waals surface area (Å²) in [5, 5.41) is 9.63. The molecule has 5 amide bonds. The van der Waals surface area contributed by atoms with Gasteiger partial charge in [-0.15, -0.1) is 0 Å². The molecule has 0 spiro atoms. The summed E-state index contributed by atoms with van der Waals surface area (Å²) in [6.07, 6.45) is 8.35. The Morgan fingerprint density at radius 1 is 0.933 bits per heavy atom. The zero-order valence-electron chi connectivity index (χ0n) is 34.4. The number of ether oxygens (including phenoxy) is 3. The Kier molecular flexibility index (Phi) is 10.6. The Morgan fingerprint density at radius 3 is 2.33 bits per heavy atom. The van der Waals surface area contributed by atoms with Crippen LogP contribution in [0.5, 0.6) is 17.2 Å². The SMILES string of the molecule is CNc1cc2c(=O)n(C)cc(-c3cc(OC)c(CN(C)C45CC(C(=O)NCCCCCOc6ccc7c(c6)C(=O)N(C6CCC(=O)NC6=O)C7=O)(C4)C5)c(OC)c3)c2cn1. The molecule has 16 heteroatoms. The molecule has 2 bridgehead atoms. The van der Waals surface area contributed by atoms with E-state index in [4.69, 9.17) is 14.2 Å². The number of unbranched alkanes of at least 4 members (excludes halogenated alkanes) is 2. The molecule has 4 aromatic rings. The number of rotatable bonds is 16. The van der Waals surface area contributed by atoms with Crippen LogP contribution in [0.15, 0.2) is 53.6 Å². The monoisotopic (exact) mass is 819 g/mol. The van der Waals surface area contributed by atoms with Crippen molar-refractivity contribution in [3.63, 3.8) is 0 Å². The van der Waals surface area contributed by atoms with Gasteiger partial charge in [-0.1, -0.05) is 0 Å². The lowest BCUT2D eigenvalue weighted by molar-refractivity contribution is -0.215. The molecule has 5 aliphatic rings. The first-order chi connectivity index (χ1) is 28.8. The summed E-state index contributed by atoms with van der Waals surface area (Å²) in [5.41, 5.74) is 2.41. The summed E-state index contributed by atoms with van der Waals surface area (Å²) in [7, 11) is 8.85. The number of carbonyl (C=O) groups excluding carboxylic acids is 5. The second-order valence-electron chi connectivity index (χ2n) is 16.4. The normalized spacial score (nSPS) is 21.6. The fourth-order valence-electron chi connectivity index (χ4n) is 9.33. The van der Waals surface area contributed by atoms with Gasteiger partial charge in [0.15, 0.2) is 0 Å². The molecule has 1 atom stereocenters. The number of piperidine rings is 1. The van der Waals surface area contributed by atoms with Gasteiger partial charge in [-0.05, 0) is 94.0 Å². The van der Waals surface area contributed by atoms with Crippen molar-refractivity contribution < 1.29 is 38.2 Å². The lowest BCUT2D eigenvalue weighted by Gasteiger charge is -2.72. The van der Waals surface area contributed by atoms with Crippen LogP contribution in [0, 0.1) is 5.41 Å². The lowest BCUT2D eigenvalue weighted by atomic mass is 9.38. The zero-order chi connectivity index (χ0) is 42.5. The standard InChI is InChI=1S/C44H49N7O9/c1-45-36-18-29-30(19-47-36)31(20-49(2)39(29)54)25-15-34(58-4)32(35(16-25)59-5)21-50(3)44-22-43(23-44,24-44)42(57)46-13-7-6-8-14-60-26-9-10-27-28(17-26)41(56)51(40(27)55)33-11-12-37(52)48-38(33)53/h9-10,15-20,33H,6-8,11-14,21-24H2,1-5H3,(H,45,47)(H,46,57)(H,48,52,53). The average Bonchev–Trinajstić information content (AvgIpc) is 3.45. The summed E-state index contributed by atoms with van der Waals surface area (Å²) < 4.78 is 19.3. The van der Waals surface area contributed by atoms with Gasteiger partial charge in [0, 0.05) is 62.5 Å². The molecule has 1 unspecified atom stereocenters. The number of aryl methyl sites for hydroxylation is 1. The smallest absolute Gasteiger partial charge is 0.262 e. The Balaban J connectivity index is 0.802. The Labute approximate surface area is 346 Å². The largest absolute Gasteiger partial charge is 0.496 e. The van der Waals surface area contributed by atoms with Crippen LogP contribution in [0.25, 0.3) is 21.9 Å². The van der Waals surface area contributed by atoms with E-state index < -0.39 is 29.7 Å². The van der Waals surface area contributed by atoms with Gasteiger partial charge in [0.1, 0.15) is 29.1 Å². The Hall–Kier alpha value is -6.29. The number of pyridine rings is 2. The molecule has 3 saturated carbocycles. The van der Waals surface area contributed by atoms with Gasteiger partial charge in [-0.25, -0.2) is 4.98 Å². The molecule has 9 rings (SSSR count). The molecule has 4 heterocycles. The Morgan fingerprint density at radius 2 is 1.65 bits per heavy atom. The molecule has 2 aromatic carbocycles. The third-order valence-corrected chi connectivity index (χ3v) is 12.7. The number of imide groups is 2. The van der Waals surface area contributed by atoms with Crippen LogP contribution in [-0.4, -0.2) is 102 Å². The molecule has 1 saturated heterocycles. The summed E-state index contributed by atoms with van der Waals surface area (Å²) in [6, 6.07) is 9.36. The predicted molar refractivity (Wildman–Crippen MR) is 221 cm³/mol. The number of benzene rings is 2. The number of amides is 5. The number of anilines is 1. The van der Waals surface area contributed by atoms with Crippen molar-refractivity contribution in [3.8, 4) is 28.4 Å². The van der Waals surface area contributed by atoms with E-state index in [1.54, 1.807) is 51.2 Å². The van der Waals surface area contributed by atoms with Crippen molar-refractivity contribution in [2.24, 2.45) is 12.5 Å². The van der Waals surface area contributed by atoms with E-state index >= 15 is 0 Å². The van der Waals surface area contributed by atoms with Gasteiger partial charge < -0.3 is 29.4 Å². The van der Waals surface area contributed by atoms with E-state index in [0.717, 1.165) is 65.5 Å². The zero-order valence-corrected chi connectivity index (χ0v) is 34.4. The molecule has 16 nitrogen and oxygen atoms in total. The van der Waals surface area contributed by atoms with Gasteiger partial charge >= 0.3 is 0 Å². The minimum Gasteiger partial charge on any atom is -0.496 e. The third-order valence-electron chi connectivity index (χ3n) is 12.7. The highest BCUT2D eigenvalue weighted by atomic mass is 16.5. The van der Waals surface area contributed by atoms with E-state index in [0.29, 0.717) is 48.1 Å². The molecule has 0 radical (unpaired) electrons. The van der Waals surface area contributed by atoms with Crippen molar-refractivity contribution >= 4 is 46.1 Å². The predicted octanol–water partition coefficient (Wildman–Crippen LogP) is 3.78. The van der Waals surface area contributed by atoms with E-state index in [1.165, 1.54) is 12.1 Å². The number of nitrogens with one attached hydrogen (secondary N) is 3. The van der Waals surface area contributed by atoms with Crippen molar-refractivity contribution in [2.45, 2.75) is 69.5 Å². The fraction of sp³-hybridized carbons (Fsp3) is 0.432. The highest BCUT2D eigenvalue weighted by Crippen LogP contribution is 2.70. The van der Waals surface area contributed by atoms with Crippen LogP contribution in [0.3, 0.4) is 0 Å². The molecule has 3 aliphatic carbocycles. The van der Waals surface area contributed by atoms with Crippen LogP contribution >= 0.6 is 0 Å². The molecular formula is C44H49N7O9. The molecule has 4 fully saturated rings. The maximum Gasteiger partial charge on any atom is 0.262 e. The van der Waals surface area contributed by atoms with Gasteiger partial charge in [-0.2, -0.15) is 0 Å². The minimum absolute atomic E-state index is 0.0592. The molecule has 3 N–H and O–H groups in total. The number of fused-ring (bicyclic) bond motifs is 2. The van der Waals surface area contributed by atoms with E-state index in [9.17, 15) is 28.8 Å². The first-order valence-electron chi connectivity index (χ1n) is 20.2. The molecule has 2 aliphatic heterocycles. The van der Waals surface area contributed by atoms with Crippen molar-refractivity contribution in [1.82, 2.24) is 30.0 Å². The van der Waals surface area contributed by atoms with Crippen LogP contribution in [0.2, 0.25) is 0 Å². The second kappa shape index (κ2) is 15.7. The third kappa shape index (κ3) is 6.91. The van der Waals surface area contributed by atoms with Gasteiger partial charge in [0.25, 0.3) is 17.4 Å². The number of nitrogens with zero attached hydrogens (tertiary/aromatic N) is 4. The van der Waals surface area contributed by atoms with Gasteiger partial charge in [-0.3, -0.25) is 43.9 Å². The lowest BCUT2D eigenvalue weighted by Crippen LogP contribution is -2.77. The highest BCUT2D eigenvalue weighted by Gasteiger charge is 2.72. The van der Waals surface area contributed by atoms with E-state index in [1.807, 2.05) is 18.3 Å². The maximum atomic E-state index is 13.3. The first kappa shape index (κ1) is 40.5. The van der Waals surface area contributed by atoms with Crippen LogP contribution in [0.4, 0.5) is 5.82 Å². The first-order valence-corrected chi connectivity index (χ1v) is 20.2. The van der Waals surface area contributed by atoms with Crippen LogP contribution in [-0.2, 0) is 28.0 Å². The number of hydrogen-bond acceptors (Lipinski definition) is 12. The summed E-state index contributed by atoms with van der Waals surface area (Å²) in [6.45, 7) is 1.52. The van der Waals surface area contributed by atoms with Gasteiger partial charge in [0.05, 0.1) is 48.3 Å². The highest BCUT2D eigenvalue weighted by molar-refractivity contribution is 6.23.